The molecule has 1 amide bonds. The number of amides is 1. The molecule has 0 bridgehead atoms. The average Bonchev–Trinajstić information content (AvgIpc) is 3.47. The molecular weight excluding hydrogens is 460 g/mol. The second kappa shape index (κ2) is 8.99. The molecule has 5 rings (SSSR count). The van der Waals surface area contributed by atoms with Crippen molar-refractivity contribution in [3.8, 4) is 28.3 Å². The van der Waals surface area contributed by atoms with Gasteiger partial charge in [0, 0.05) is 35.1 Å². The smallest absolute Gasteiger partial charge is 0.387 e. The van der Waals surface area contributed by atoms with Crippen LogP contribution in [0.1, 0.15) is 10.4 Å². The summed E-state index contributed by atoms with van der Waals surface area (Å²) in [5.41, 5.74) is 3.93. The monoisotopic (exact) mass is 477 g/mol. The van der Waals surface area contributed by atoms with Crippen molar-refractivity contribution >= 4 is 33.3 Å². The number of nitrogens with zero attached hydrogens (tertiary/aromatic N) is 4. The zero-order valence-electron chi connectivity index (χ0n) is 17.8. The molecule has 0 saturated carbocycles. The number of carbonyl (C=O) groups excluding carboxylic acids is 1. The molecule has 0 radical (unpaired) electrons. The average molecular weight is 477 g/mol. The Morgan fingerprint density at radius 2 is 1.85 bits per heavy atom. The topological polar surface area (TPSA) is 81.9 Å². The lowest BCUT2D eigenvalue weighted by molar-refractivity contribution is -0.0498. The van der Waals surface area contributed by atoms with Crippen LogP contribution >= 0.6 is 11.3 Å². The van der Waals surface area contributed by atoms with Gasteiger partial charge in [0.25, 0.3) is 5.91 Å². The van der Waals surface area contributed by atoms with E-state index in [1.54, 1.807) is 34.5 Å². The van der Waals surface area contributed by atoms with Crippen LogP contribution < -0.4 is 10.1 Å². The molecule has 0 aliphatic heterocycles. The van der Waals surface area contributed by atoms with Crippen LogP contribution in [0.2, 0.25) is 0 Å². The Kier molecular flexibility index (Phi) is 5.72. The van der Waals surface area contributed by atoms with Crippen molar-refractivity contribution < 1.29 is 18.3 Å². The Morgan fingerprint density at radius 3 is 2.59 bits per heavy atom. The first-order chi connectivity index (χ1) is 16.5. The number of nitrogens with one attached hydrogen (secondary N) is 1. The van der Waals surface area contributed by atoms with Gasteiger partial charge in [-0.25, -0.2) is 9.97 Å². The Balaban J connectivity index is 1.42. The number of hydrogen-bond donors (Lipinski definition) is 1. The van der Waals surface area contributed by atoms with E-state index in [9.17, 15) is 13.6 Å². The number of thiazole rings is 1. The SMILES string of the molecule is Cn1cc(-c2cc(C(=O)Nc3nc(-c4ccc(OC(F)F)cc4)cs3)c3ccccc3n2)cn1. The Bertz CT molecular complexity index is 1480. The highest BCUT2D eigenvalue weighted by molar-refractivity contribution is 7.14. The van der Waals surface area contributed by atoms with Gasteiger partial charge in [0.1, 0.15) is 5.75 Å². The van der Waals surface area contributed by atoms with Crippen molar-refractivity contribution in [1.82, 2.24) is 19.7 Å². The van der Waals surface area contributed by atoms with Crippen LogP contribution in [0.25, 0.3) is 33.4 Å². The predicted octanol–water partition coefficient (Wildman–Crippen LogP) is 5.61. The number of aryl methyl sites for hydroxylation is 1. The molecule has 170 valence electrons. The quantitative estimate of drug-likeness (QED) is 0.344. The van der Waals surface area contributed by atoms with E-state index in [0.29, 0.717) is 33.2 Å². The van der Waals surface area contributed by atoms with Crippen LogP contribution in [-0.4, -0.2) is 32.3 Å². The Morgan fingerprint density at radius 1 is 1.06 bits per heavy atom. The van der Waals surface area contributed by atoms with E-state index in [1.165, 1.54) is 23.5 Å². The molecule has 7 nitrogen and oxygen atoms in total. The molecule has 0 saturated heterocycles. The minimum absolute atomic E-state index is 0.0662. The van der Waals surface area contributed by atoms with Crippen LogP contribution in [0.4, 0.5) is 13.9 Å². The summed E-state index contributed by atoms with van der Waals surface area (Å²) in [6.45, 7) is -2.88. The molecule has 0 atom stereocenters. The van der Waals surface area contributed by atoms with E-state index in [0.717, 1.165) is 10.9 Å². The lowest BCUT2D eigenvalue weighted by Gasteiger charge is -2.08. The number of fused-ring (bicyclic) bond motifs is 1. The van der Waals surface area contributed by atoms with Crippen molar-refractivity contribution in [3.63, 3.8) is 0 Å². The lowest BCUT2D eigenvalue weighted by atomic mass is 10.1. The fourth-order valence-electron chi connectivity index (χ4n) is 3.50. The summed E-state index contributed by atoms with van der Waals surface area (Å²) >= 11 is 1.27. The molecule has 3 aromatic heterocycles. The van der Waals surface area contributed by atoms with Gasteiger partial charge in [0.05, 0.1) is 28.7 Å². The number of carbonyl (C=O) groups is 1. The van der Waals surface area contributed by atoms with Crippen molar-refractivity contribution in [3.05, 3.63) is 77.9 Å². The zero-order chi connectivity index (χ0) is 23.7. The number of rotatable bonds is 6. The summed E-state index contributed by atoms with van der Waals surface area (Å²) in [6, 6.07) is 15.3. The number of alkyl halides is 2. The standard InChI is InChI=1S/C24H17F2N5O2S/c1-31-12-15(11-27-31)20-10-18(17-4-2-3-5-19(17)28-20)22(32)30-24-29-21(13-34-24)14-6-8-16(9-7-14)33-23(25)26/h2-13,23H,1H3,(H,29,30,32). The number of aromatic nitrogens is 4. The third kappa shape index (κ3) is 4.48. The van der Waals surface area contributed by atoms with Gasteiger partial charge in [-0.05, 0) is 36.4 Å². The van der Waals surface area contributed by atoms with E-state index in [4.69, 9.17) is 0 Å². The second-order valence-electron chi connectivity index (χ2n) is 7.37. The molecular formula is C24H17F2N5O2S. The molecule has 2 aromatic carbocycles. The molecule has 0 unspecified atom stereocenters. The van der Waals surface area contributed by atoms with Gasteiger partial charge in [-0.15, -0.1) is 11.3 Å². The highest BCUT2D eigenvalue weighted by Gasteiger charge is 2.16. The third-order valence-corrected chi connectivity index (χ3v) is 5.82. The number of ether oxygens (including phenoxy) is 1. The maximum absolute atomic E-state index is 13.2. The molecule has 10 heteroatoms. The first-order valence-electron chi connectivity index (χ1n) is 10.2. The van der Waals surface area contributed by atoms with Gasteiger partial charge >= 0.3 is 6.61 Å². The molecule has 0 fully saturated rings. The van der Waals surface area contributed by atoms with Crippen LogP contribution in [0.15, 0.2) is 72.4 Å². The molecule has 0 spiro atoms. The van der Waals surface area contributed by atoms with Gasteiger partial charge in [-0.3, -0.25) is 14.8 Å². The van der Waals surface area contributed by atoms with Crippen LogP contribution in [0.3, 0.4) is 0 Å². The molecule has 3 heterocycles. The number of halogens is 2. The minimum Gasteiger partial charge on any atom is -0.435 e. The summed E-state index contributed by atoms with van der Waals surface area (Å²) in [4.78, 5) is 22.4. The third-order valence-electron chi connectivity index (χ3n) is 5.06. The van der Waals surface area contributed by atoms with Crippen LogP contribution in [0.5, 0.6) is 5.75 Å². The fraction of sp³-hybridized carbons (Fsp3) is 0.0833. The Labute approximate surface area is 196 Å². The molecule has 34 heavy (non-hydrogen) atoms. The first kappa shape index (κ1) is 21.7. The van der Waals surface area contributed by atoms with E-state index in [2.05, 4.69) is 25.1 Å². The molecule has 5 aromatic rings. The number of pyridine rings is 1. The highest BCUT2D eigenvalue weighted by atomic mass is 32.1. The maximum Gasteiger partial charge on any atom is 0.387 e. The van der Waals surface area contributed by atoms with Crippen molar-refractivity contribution in [2.75, 3.05) is 5.32 Å². The number of para-hydroxylation sites is 1. The van der Waals surface area contributed by atoms with E-state index < -0.39 is 6.61 Å². The van der Waals surface area contributed by atoms with E-state index in [1.807, 2.05) is 37.5 Å². The van der Waals surface area contributed by atoms with Gasteiger partial charge in [0.15, 0.2) is 5.13 Å². The highest BCUT2D eigenvalue weighted by Crippen LogP contribution is 2.29. The van der Waals surface area contributed by atoms with Crippen LogP contribution in [0, 0.1) is 0 Å². The zero-order valence-corrected chi connectivity index (χ0v) is 18.6. The predicted molar refractivity (Wildman–Crippen MR) is 126 cm³/mol. The second-order valence-corrected chi connectivity index (χ2v) is 8.23. The van der Waals surface area contributed by atoms with E-state index >= 15 is 0 Å². The first-order valence-corrected chi connectivity index (χ1v) is 11.0. The van der Waals surface area contributed by atoms with Crippen molar-refractivity contribution in [1.29, 1.82) is 0 Å². The minimum atomic E-state index is -2.88. The molecule has 1 N–H and O–H groups in total. The van der Waals surface area contributed by atoms with Gasteiger partial charge in [0.2, 0.25) is 0 Å². The largest absolute Gasteiger partial charge is 0.435 e. The van der Waals surface area contributed by atoms with Crippen LogP contribution in [-0.2, 0) is 7.05 Å². The molecule has 0 aliphatic rings. The number of benzene rings is 2. The van der Waals surface area contributed by atoms with Gasteiger partial charge < -0.3 is 4.74 Å². The van der Waals surface area contributed by atoms with Gasteiger partial charge in [-0.1, -0.05) is 18.2 Å². The summed E-state index contributed by atoms with van der Waals surface area (Å²) in [7, 11) is 1.82. The summed E-state index contributed by atoms with van der Waals surface area (Å²) < 4.78 is 30.7. The summed E-state index contributed by atoms with van der Waals surface area (Å²) in [5.74, 6) is -0.248. The number of anilines is 1. The van der Waals surface area contributed by atoms with Crippen molar-refractivity contribution in [2.45, 2.75) is 6.61 Å². The maximum atomic E-state index is 13.2. The Hall–Kier alpha value is -4.18. The summed E-state index contributed by atoms with van der Waals surface area (Å²) in [6.07, 6.45) is 3.53. The summed E-state index contributed by atoms with van der Waals surface area (Å²) in [5, 5.41) is 9.96. The number of hydrogen-bond acceptors (Lipinski definition) is 6. The molecule has 0 aliphatic carbocycles. The lowest BCUT2D eigenvalue weighted by Crippen LogP contribution is -2.13. The van der Waals surface area contributed by atoms with Gasteiger partial charge in [-0.2, -0.15) is 13.9 Å². The van der Waals surface area contributed by atoms with Crippen molar-refractivity contribution in [2.24, 2.45) is 7.05 Å². The normalized spacial score (nSPS) is 11.2. The fourth-order valence-corrected chi connectivity index (χ4v) is 4.21. The van der Waals surface area contributed by atoms with E-state index in [-0.39, 0.29) is 11.7 Å².